The van der Waals surface area contributed by atoms with E-state index < -0.39 is 35.3 Å². The molecule has 0 saturated carbocycles. The number of aromatic amines is 1. The number of aliphatic hydroxyl groups is 1. The Labute approximate surface area is 196 Å². The maximum Gasteiger partial charge on any atom is 0.330 e. The molecule has 1 saturated heterocycles. The van der Waals surface area contributed by atoms with Crippen molar-refractivity contribution >= 4 is 0 Å². The lowest BCUT2D eigenvalue weighted by Crippen LogP contribution is -2.47. The van der Waals surface area contributed by atoms with Gasteiger partial charge in [-0.15, -0.1) is 6.42 Å². The largest absolute Gasteiger partial charge is 0.386 e. The van der Waals surface area contributed by atoms with E-state index in [-0.39, 0.29) is 25.4 Å². The summed E-state index contributed by atoms with van der Waals surface area (Å²) in [4.78, 5) is 26.5. The number of terminal acetylenes is 1. The fourth-order valence-electron chi connectivity index (χ4n) is 3.94. The average molecular weight is 463 g/mol. The van der Waals surface area contributed by atoms with Crippen molar-refractivity contribution in [1.29, 1.82) is 0 Å². The molecule has 0 aliphatic carbocycles. The average Bonchev–Trinajstić information content (AvgIpc) is 3.13. The van der Waals surface area contributed by atoms with Crippen LogP contribution in [0.15, 0.2) is 76.4 Å². The Morgan fingerprint density at radius 2 is 1.71 bits per heavy atom. The van der Waals surface area contributed by atoms with Crippen LogP contribution in [0.25, 0.3) is 0 Å². The van der Waals surface area contributed by atoms with Crippen LogP contribution in [0.5, 0.6) is 0 Å². The standard InChI is InChI=1S/C26H26N2O6/c1-3-26(17-32-15-19-10-6-4-7-11-19)22(33-16-20-12-8-5-9-13-20)21(29)24(34-26)28-14-18(2)23(30)27-25(28)31/h1,4-14,21-22,24,29H,15-17H2,2H3,(H,27,30,31)/t21-,22+,24+,26+/m0/s1. The molecule has 34 heavy (non-hydrogen) atoms. The molecule has 0 radical (unpaired) electrons. The second-order valence-electron chi connectivity index (χ2n) is 8.21. The normalized spacial score (nSPS) is 24.1. The first-order chi connectivity index (χ1) is 16.4. The molecule has 0 unspecified atom stereocenters. The Kier molecular flexibility index (Phi) is 7.10. The molecule has 2 N–H and O–H groups in total. The third-order valence-corrected chi connectivity index (χ3v) is 5.76. The molecular formula is C26H26N2O6. The molecule has 8 heteroatoms. The Bertz CT molecular complexity index is 1260. The van der Waals surface area contributed by atoms with E-state index >= 15 is 0 Å². The van der Waals surface area contributed by atoms with Gasteiger partial charge in [-0.25, -0.2) is 4.79 Å². The highest BCUT2D eigenvalue weighted by Gasteiger charge is 2.56. The summed E-state index contributed by atoms with van der Waals surface area (Å²) in [6.45, 7) is 1.91. The number of aromatic nitrogens is 2. The molecule has 1 aliphatic heterocycles. The van der Waals surface area contributed by atoms with Gasteiger partial charge in [0.1, 0.15) is 12.2 Å². The Morgan fingerprint density at radius 1 is 1.09 bits per heavy atom. The zero-order valence-electron chi connectivity index (χ0n) is 18.7. The van der Waals surface area contributed by atoms with Crippen molar-refractivity contribution in [2.45, 2.75) is 44.2 Å². The summed E-state index contributed by atoms with van der Waals surface area (Å²) in [6.07, 6.45) is 3.76. The number of nitrogens with zero attached hydrogens (tertiary/aromatic N) is 1. The van der Waals surface area contributed by atoms with E-state index in [1.54, 1.807) is 6.92 Å². The van der Waals surface area contributed by atoms with E-state index in [1.165, 1.54) is 6.20 Å². The molecule has 4 rings (SSSR count). The number of benzene rings is 2. The smallest absolute Gasteiger partial charge is 0.330 e. The number of ether oxygens (including phenoxy) is 3. The number of rotatable bonds is 8. The molecule has 1 fully saturated rings. The predicted octanol–water partition coefficient (Wildman–Crippen LogP) is 1.91. The van der Waals surface area contributed by atoms with E-state index in [0.717, 1.165) is 15.7 Å². The summed E-state index contributed by atoms with van der Waals surface area (Å²) in [5.74, 6) is 2.61. The molecular weight excluding hydrogens is 436 g/mol. The minimum absolute atomic E-state index is 0.0809. The third kappa shape index (κ3) is 4.88. The molecule has 3 aromatic rings. The van der Waals surface area contributed by atoms with Crippen LogP contribution in [0, 0.1) is 19.3 Å². The first-order valence-corrected chi connectivity index (χ1v) is 10.9. The minimum Gasteiger partial charge on any atom is -0.386 e. The maximum atomic E-state index is 12.5. The molecule has 176 valence electrons. The van der Waals surface area contributed by atoms with Crippen molar-refractivity contribution in [1.82, 2.24) is 9.55 Å². The molecule has 0 bridgehead atoms. The Balaban J connectivity index is 1.62. The fraction of sp³-hybridized carbons (Fsp3) is 0.308. The number of H-pyrrole nitrogens is 1. The zero-order chi connectivity index (χ0) is 24.1. The van der Waals surface area contributed by atoms with Crippen molar-refractivity contribution in [2.24, 2.45) is 0 Å². The lowest BCUT2D eigenvalue weighted by atomic mass is 9.96. The number of hydrogen-bond donors (Lipinski definition) is 2. The topological polar surface area (TPSA) is 103 Å². The lowest BCUT2D eigenvalue weighted by molar-refractivity contribution is -0.124. The van der Waals surface area contributed by atoms with E-state index in [2.05, 4.69) is 10.9 Å². The first kappa shape index (κ1) is 23.7. The van der Waals surface area contributed by atoms with Crippen LogP contribution >= 0.6 is 0 Å². The molecule has 1 aliphatic rings. The highest BCUT2D eigenvalue weighted by molar-refractivity contribution is 5.21. The van der Waals surface area contributed by atoms with Gasteiger partial charge >= 0.3 is 5.69 Å². The first-order valence-electron chi connectivity index (χ1n) is 10.9. The van der Waals surface area contributed by atoms with Crippen LogP contribution in [0.4, 0.5) is 0 Å². The monoisotopic (exact) mass is 462 g/mol. The zero-order valence-corrected chi connectivity index (χ0v) is 18.7. The van der Waals surface area contributed by atoms with Crippen LogP contribution in [-0.2, 0) is 27.4 Å². The second-order valence-corrected chi connectivity index (χ2v) is 8.21. The molecule has 1 aromatic heterocycles. The van der Waals surface area contributed by atoms with Gasteiger partial charge in [-0.2, -0.15) is 0 Å². The van der Waals surface area contributed by atoms with Crippen molar-refractivity contribution < 1.29 is 19.3 Å². The third-order valence-electron chi connectivity index (χ3n) is 5.76. The molecule has 2 heterocycles. The van der Waals surface area contributed by atoms with Crippen LogP contribution in [0.1, 0.15) is 22.9 Å². The van der Waals surface area contributed by atoms with Gasteiger partial charge in [0, 0.05) is 11.8 Å². The van der Waals surface area contributed by atoms with E-state index in [9.17, 15) is 14.7 Å². The van der Waals surface area contributed by atoms with E-state index in [1.807, 2.05) is 60.7 Å². The van der Waals surface area contributed by atoms with Crippen molar-refractivity contribution in [3.05, 3.63) is 104 Å². The van der Waals surface area contributed by atoms with Gasteiger partial charge in [-0.1, -0.05) is 66.6 Å². The molecule has 8 nitrogen and oxygen atoms in total. The van der Waals surface area contributed by atoms with Gasteiger partial charge in [-0.05, 0) is 18.1 Å². The van der Waals surface area contributed by atoms with Gasteiger partial charge in [0.15, 0.2) is 11.8 Å². The summed E-state index contributed by atoms with van der Waals surface area (Å²) in [5, 5.41) is 11.2. The number of hydrogen-bond acceptors (Lipinski definition) is 6. The quantitative estimate of drug-likeness (QED) is 0.496. The van der Waals surface area contributed by atoms with Crippen LogP contribution in [0.2, 0.25) is 0 Å². The SMILES string of the molecule is C#C[C@]1(COCc2ccccc2)O[C@@H](n2cc(C)c(=O)[nH]c2=O)[C@@H](O)[C@H]1OCc1ccccc1. The predicted molar refractivity (Wildman–Crippen MR) is 125 cm³/mol. The Morgan fingerprint density at radius 3 is 2.32 bits per heavy atom. The molecule has 0 spiro atoms. The van der Waals surface area contributed by atoms with Crippen LogP contribution in [0.3, 0.4) is 0 Å². The van der Waals surface area contributed by atoms with Crippen LogP contribution < -0.4 is 11.2 Å². The summed E-state index contributed by atoms with van der Waals surface area (Å²) in [7, 11) is 0. The van der Waals surface area contributed by atoms with Gasteiger partial charge in [0.05, 0.1) is 19.8 Å². The lowest BCUT2D eigenvalue weighted by Gasteiger charge is -2.29. The summed E-state index contributed by atoms with van der Waals surface area (Å²) in [5.41, 5.74) is -0.600. The number of nitrogens with one attached hydrogen (secondary N) is 1. The minimum atomic E-state index is -1.48. The molecule has 0 amide bonds. The van der Waals surface area contributed by atoms with Gasteiger partial charge in [0.2, 0.25) is 0 Å². The van der Waals surface area contributed by atoms with Gasteiger partial charge < -0.3 is 19.3 Å². The fourth-order valence-corrected chi connectivity index (χ4v) is 3.94. The second kappa shape index (κ2) is 10.2. The molecule has 4 atom stereocenters. The van der Waals surface area contributed by atoms with Crippen molar-refractivity contribution in [3.8, 4) is 12.3 Å². The van der Waals surface area contributed by atoms with E-state index in [4.69, 9.17) is 20.6 Å². The van der Waals surface area contributed by atoms with Gasteiger partial charge in [0.25, 0.3) is 5.56 Å². The number of aliphatic hydroxyl groups excluding tert-OH is 1. The summed E-state index contributed by atoms with van der Waals surface area (Å²) >= 11 is 0. The maximum absolute atomic E-state index is 12.5. The summed E-state index contributed by atoms with van der Waals surface area (Å²) < 4.78 is 19.2. The summed E-state index contributed by atoms with van der Waals surface area (Å²) in [6, 6.07) is 19.0. The highest BCUT2D eigenvalue weighted by atomic mass is 16.6. The van der Waals surface area contributed by atoms with Gasteiger partial charge in [-0.3, -0.25) is 14.3 Å². The Hall–Kier alpha value is -3.48. The van der Waals surface area contributed by atoms with Crippen molar-refractivity contribution in [2.75, 3.05) is 6.61 Å². The van der Waals surface area contributed by atoms with E-state index in [0.29, 0.717) is 0 Å². The number of aryl methyl sites for hydroxylation is 1. The molecule has 2 aromatic carbocycles. The van der Waals surface area contributed by atoms with Crippen LogP contribution in [-0.4, -0.2) is 39.1 Å². The van der Waals surface area contributed by atoms with Crippen molar-refractivity contribution in [3.63, 3.8) is 0 Å². The highest BCUT2D eigenvalue weighted by Crippen LogP contribution is 2.39.